The van der Waals surface area contributed by atoms with E-state index in [0.717, 1.165) is 16.2 Å². The van der Waals surface area contributed by atoms with Crippen LogP contribution in [0, 0.1) is 29.6 Å². The van der Waals surface area contributed by atoms with Crippen molar-refractivity contribution in [3.05, 3.63) is 52.1 Å². The fourth-order valence-corrected chi connectivity index (χ4v) is 2.61. The van der Waals surface area contributed by atoms with Crippen LogP contribution in [-0.2, 0) is 0 Å². The Balaban J connectivity index is 3.54. The van der Waals surface area contributed by atoms with Crippen molar-refractivity contribution in [1.82, 2.24) is 0 Å². The second-order valence-corrected chi connectivity index (χ2v) is 6.40. The van der Waals surface area contributed by atoms with Crippen molar-refractivity contribution < 1.29 is 4.48 Å². The van der Waals surface area contributed by atoms with Crippen LogP contribution in [0.25, 0.3) is 5.57 Å². The van der Waals surface area contributed by atoms with Crippen molar-refractivity contribution in [2.45, 2.75) is 6.92 Å². The lowest BCUT2D eigenvalue weighted by atomic mass is 10.00. The van der Waals surface area contributed by atoms with Crippen LogP contribution in [0.4, 0.5) is 0 Å². The number of allylic oxidation sites excluding steroid dienone is 3. The number of hydrogen-bond donors (Lipinski definition) is 0. The van der Waals surface area contributed by atoms with Gasteiger partial charge in [-0.2, -0.15) is 10.5 Å². The van der Waals surface area contributed by atoms with Crippen molar-refractivity contribution in [2.24, 2.45) is 0 Å². The Bertz CT molecular complexity index is 631. The first-order chi connectivity index (χ1) is 9.83. The molecule has 1 rings (SSSR count). The molecule has 1 aromatic carbocycles. The van der Waals surface area contributed by atoms with Crippen LogP contribution in [-0.4, -0.2) is 31.9 Å². The van der Waals surface area contributed by atoms with Gasteiger partial charge in [0, 0.05) is 11.6 Å². The first kappa shape index (κ1) is 17.0. The molecule has 0 aliphatic rings. The van der Waals surface area contributed by atoms with E-state index in [-0.39, 0.29) is 5.57 Å². The smallest absolute Gasteiger partial charge is 0.167 e. The highest BCUT2D eigenvalue weighted by molar-refractivity contribution is 8.02. The molecular formula is C17H20N3S+. The number of nitrogens with zero attached hydrogens (tertiary/aromatic N) is 3. The third-order valence-electron chi connectivity index (χ3n) is 2.99. The summed E-state index contributed by atoms with van der Waals surface area (Å²) in [4.78, 5) is 0. The zero-order valence-electron chi connectivity index (χ0n) is 13.1. The number of hydrogen-bond acceptors (Lipinski definition) is 3. The second-order valence-electron chi connectivity index (χ2n) is 5.58. The molecule has 21 heavy (non-hydrogen) atoms. The Morgan fingerprint density at radius 2 is 1.62 bits per heavy atom. The minimum Gasteiger partial charge on any atom is -0.293 e. The lowest BCUT2D eigenvalue weighted by Crippen LogP contribution is -2.31. The molecule has 1 aromatic rings. The molecule has 0 aliphatic carbocycles. The third-order valence-corrected chi connectivity index (χ3v) is 4.08. The Labute approximate surface area is 131 Å². The van der Waals surface area contributed by atoms with Gasteiger partial charge in [-0.25, -0.2) is 0 Å². The van der Waals surface area contributed by atoms with Gasteiger partial charge in [-0.1, -0.05) is 41.6 Å². The highest BCUT2D eigenvalue weighted by Gasteiger charge is 2.18. The monoisotopic (exact) mass is 298 g/mol. The van der Waals surface area contributed by atoms with E-state index in [1.165, 1.54) is 0 Å². The topological polar surface area (TPSA) is 47.6 Å². The first-order valence-corrected chi connectivity index (χ1v) is 7.75. The lowest BCUT2D eigenvalue weighted by molar-refractivity contribution is -0.822. The molecule has 0 unspecified atom stereocenters. The van der Waals surface area contributed by atoms with Crippen molar-refractivity contribution in [3.8, 4) is 12.1 Å². The summed E-state index contributed by atoms with van der Waals surface area (Å²) in [5.74, 6) is 0. The summed E-state index contributed by atoms with van der Waals surface area (Å²) in [6, 6.07) is 11.9. The van der Waals surface area contributed by atoms with Crippen LogP contribution in [0.5, 0.6) is 0 Å². The molecule has 4 heteroatoms. The summed E-state index contributed by atoms with van der Waals surface area (Å²) >= 11 is 1.62. The van der Waals surface area contributed by atoms with Gasteiger partial charge < -0.3 is 0 Å². The highest BCUT2D eigenvalue weighted by Crippen LogP contribution is 2.28. The standard InChI is InChI=1S/C17H20N3S/c1-13-6-8-14(9-7-13)16(15(11-18)12-19)10-17(21-5)20(2,3)4/h6-10H,1-5H3/q+1/b17-10+. The van der Waals surface area contributed by atoms with Crippen molar-refractivity contribution in [2.75, 3.05) is 27.4 Å². The zero-order valence-corrected chi connectivity index (χ0v) is 14.0. The molecule has 0 saturated carbocycles. The number of benzene rings is 1. The molecule has 0 N–H and O–H groups in total. The molecule has 0 saturated heterocycles. The van der Waals surface area contributed by atoms with E-state index in [4.69, 9.17) is 0 Å². The summed E-state index contributed by atoms with van der Waals surface area (Å²) in [7, 11) is 6.19. The number of rotatable bonds is 4. The van der Waals surface area contributed by atoms with E-state index in [2.05, 4.69) is 21.1 Å². The van der Waals surface area contributed by atoms with Gasteiger partial charge in [0.2, 0.25) is 0 Å². The van der Waals surface area contributed by atoms with Crippen molar-refractivity contribution >= 4 is 17.3 Å². The summed E-state index contributed by atoms with van der Waals surface area (Å²) in [6.45, 7) is 2.01. The van der Waals surface area contributed by atoms with Crippen LogP contribution < -0.4 is 0 Å². The van der Waals surface area contributed by atoms with Gasteiger partial charge in [-0.05, 0) is 18.7 Å². The highest BCUT2D eigenvalue weighted by atomic mass is 32.2. The van der Waals surface area contributed by atoms with Crippen LogP contribution in [0.15, 0.2) is 40.9 Å². The molecule has 0 spiro atoms. The predicted octanol–water partition coefficient (Wildman–Crippen LogP) is 3.71. The van der Waals surface area contributed by atoms with Crippen molar-refractivity contribution in [3.63, 3.8) is 0 Å². The fraction of sp³-hybridized carbons (Fsp3) is 0.294. The Kier molecular flexibility index (Phi) is 5.79. The zero-order chi connectivity index (χ0) is 16.0. The number of nitriles is 2. The van der Waals surface area contributed by atoms with Gasteiger partial charge in [0.25, 0.3) is 0 Å². The maximum atomic E-state index is 9.23. The minimum atomic E-state index is 0.138. The quantitative estimate of drug-likeness (QED) is 0.484. The summed E-state index contributed by atoms with van der Waals surface area (Å²) < 4.78 is 0.640. The van der Waals surface area contributed by atoms with Gasteiger partial charge in [0.1, 0.15) is 17.7 Å². The maximum Gasteiger partial charge on any atom is 0.167 e. The molecule has 108 valence electrons. The average molecular weight is 298 g/mol. The fourth-order valence-electron chi connectivity index (χ4n) is 1.83. The third kappa shape index (κ3) is 4.49. The molecular weight excluding hydrogens is 278 g/mol. The SMILES string of the molecule is CS/C(=C/C(=C(C#N)C#N)c1ccc(C)cc1)[N+](C)(C)C. The summed E-state index contributed by atoms with van der Waals surface area (Å²) in [5, 5.41) is 19.5. The number of thioether (sulfide) groups is 1. The largest absolute Gasteiger partial charge is 0.293 e. The molecule has 0 bridgehead atoms. The molecule has 0 aromatic heterocycles. The molecule has 0 amide bonds. The molecule has 0 fully saturated rings. The molecule has 0 heterocycles. The Hall–Kier alpha value is -2.01. The van der Waals surface area contributed by atoms with Crippen LogP contribution in [0.3, 0.4) is 0 Å². The van der Waals surface area contributed by atoms with Gasteiger partial charge in [-0.3, -0.25) is 4.48 Å². The van der Waals surface area contributed by atoms with Gasteiger partial charge in [0.15, 0.2) is 5.03 Å². The Morgan fingerprint density at radius 3 is 2.00 bits per heavy atom. The summed E-state index contributed by atoms with van der Waals surface area (Å²) in [5.41, 5.74) is 2.85. The van der Waals surface area contributed by atoms with E-state index in [1.807, 2.05) is 55.7 Å². The minimum absolute atomic E-state index is 0.138. The van der Waals surface area contributed by atoms with E-state index in [9.17, 15) is 10.5 Å². The second kappa shape index (κ2) is 7.13. The number of aryl methyl sites for hydroxylation is 1. The molecule has 3 nitrogen and oxygen atoms in total. The molecule has 0 aliphatic heterocycles. The lowest BCUT2D eigenvalue weighted by Gasteiger charge is -2.25. The van der Waals surface area contributed by atoms with Gasteiger partial charge in [0.05, 0.1) is 21.1 Å². The average Bonchev–Trinajstić information content (AvgIpc) is 2.43. The van der Waals surface area contributed by atoms with E-state index < -0.39 is 0 Å². The first-order valence-electron chi connectivity index (χ1n) is 6.52. The normalized spacial score (nSPS) is 11.5. The van der Waals surface area contributed by atoms with E-state index in [1.54, 1.807) is 11.8 Å². The van der Waals surface area contributed by atoms with Crippen LogP contribution >= 0.6 is 11.8 Å². The molecule has 0 atom stereocenters. The predicted molar refractivity (Wildman–Crippen MR) is 89.0 cm³/mol. The van der Waals surface area contributed by atoms with Gasteiger partial charge in [-0.15, -0.1) is 0 Å². The van der Waals surface area contributed by atoms with Crippen LogP contribution in [0.2, 0.25) is 0 Å². The maximum absolute atomic E-state index is 9.23. The van der Waals surface area contributed by atoms with E-state index >= 15 is 0 Å². The molecule has 0 radical (unpaired) electrons. The van der Waals surface area contributed by atoms with Crippen LogP contribution in [0.1, 0.15) is 11.1 Å². The van der Waals surface area contributed by atoms with E-state index in [0.29, 0.717) is 10.1 Å². The van der Waals surface area contributed by atoms with Crippen molar-refractivity contribution in [1.29, 1.82) is 10.5 Å². The summed E-state index contributed by atoms with van der Waals surface area (Å²) in [6.07, 6.45) is 3.94. The number of quaternary nitrogens is 1. The van der Waals surface area contributed by atoms with Gasteiger partial charge >= 0.3 is 0 Å². The Morgan fingerprint density at radius 1 is 1.10 bits per heavy atom.